The molecule has 1 aromatic carbocycles. The van der Waals surface area contributed by atoms with Crippen LogP contribution in [-0.4, -0.2) is 17.5 Å². The molecule has 0 atom stereocenters. The SMILES string of the molecule is CCOC(=O)C#Cc1cc(F)cc([N+](=O)[O-])c1. The number of esters is 1. The lowest BCUT2D eigenvalue weighted by atomic mass is 10.2. The molecule has 0 aliphatic heterocycles. The van der Waals surface area contributed by atoms with Crippen molar-refractivity contribution in [3.63, 3.8) is 0 Å². The van der Waals surface area contributed by atoms with Gasteiger partial charge in [-0.05, 0) is 13.0 Å². The number of hydrogen-bond donors (Lipinski definition) is 0. The molecule has 0 unspecified atom stereocenters. The van der Waals surface area contributed by atoms with Crippen molar-refractivity contribution < 1.29 is 18.8 Å². The molecule has 0 fully saturated rings. The molecule has 6 heteroatoms. The predicted octanol–water partition coefficient (Wildman–Crippen LogP) is 1.65. The summed E-state index contributed by atoms with van der Waals surface area (Å²) in [6.45, 7) is 1.80. The maximum absolute atomic E-state index is 13.0. The summed E-state index contributed by atoms with van der Waals surface area (Å²) in [6, 6.07) is 2.85. The Balaban J connectivity index is 2.99. The number of non-ortho nitro benzene ring substituents is 1. The van der Waals surface area contributed by atoms with Crippen molar-refractivity contribution in [1.82, 2.24) is 0 Å². The van der Waals surface area contributed by atoms with Gasteiger partial charge in [-0.15, -0.1) is 0 Å². The predicted molar refractivity (Wildman–Crippen MR) is 56.6 cm³/mol. The second kappa shape index (κ2) is 5.61. The summed E-state index contributed by atoms with van der Waals surface area (Å²) in [4.78, 5) is 20.6. The van der Waals surface area contributed by atoms with Crippen LogP contribution < -0.4 is 0 Å². The van der Waals surface area contributed by atoms with Crippen LogP contribution in [0.5, 0.6) is 0 Å². The standard InChI is InChI=1S/C11H8FNO4/c1-2-17-11(14)4-3-8-5-9(12)7-10(6-8)13(15)16/h5-7H,2H2,1H3. The van der Waals surface area contributed by atoms with E-state index in [0.717, 1.165) is 18.2 Å². The van der Waals surface area contributed by atoms with Gasteiger partial charge >= 0.3 is 5.97 Å². The average molecular weight is 237 g/mol. The summed E-state index contributed by atoms with van der Waals surface area (Å²) < 4.78 is 17.5. The first-order valence-corrected chi connectivity index (χ1v) is 4.66. The molecule has 0 saturated carbocycles. The van der Waals surface area contributed by atoms with Gasteiger partial charge in [-0.3, -0.25) is 10.1 Å². The van der Waals surface area contributed by atoms with Gasteiger partial charge in [0, 0.05) is 17.6 Å². The molecule has 0 aliphatic rings. The number of nitro groups is 1. The van der Waals surface area contributed by atoms with E-state index >= 15 is 0 Å². The van der Waals surface area contributed by atoms with Crippen LogP contribution in [0.2, 0.25) is 0 Å². The van der Waals surface area contributed by atoms with Crippen molar-refractivity contribution >= 4 is 11.7 Å². The molecule has 0 saturated heterocycles. The van der Waals surface area contributed by atoms with E-state index in [4.69, 9.17) is 0 Å². The van der Waals surface area contributed by atoms with Gasteiger partial charge in [0.05, 0.1) is 17.6 Å². The lowest BCUT2D eigenvalue weighted by molar-refractivity contribution is -0.385. The number of benzene rings is 1. The zero-order valence-corrected chi connectivity index (χ0v) is 8.90. The molecule has 1 aromatic rings. The molecule has 17 heavy (non-hydrogen) atoms. The third kappa shape index (κ3) is 3.91. The second-order valence-corrected chi connectivity index (χ2v) is 2.93. The first kappa shape index (κ1) is 12.6. The van der Waals surface area contributed by atoms with Gasteiger partial charge in [0.25, 0.3) is 5.69 Å². The number of hydrogen-bond acceptors (Lipinski definition) is 4. The highest BCUT2D eigenvalue weighted by molar-refractivity contribution is 5.89. The largest absolute Gasteiger partial charge is 0.456 e. The number of rotatable bonds is 2. The Morgan fingerprint density at radius 1 is 1.53 bits per heavy atom. The minimum atomic E-state index is -0.785. The average Bonchev–Trinajstić information content (AvgIpc) is 2.26. The van der Waals surface area contributed by atoms with Crippen molar-refractivity contribution in [3.05, 3.63) is 39.7 Å². The molecule has 0 bridgehead atoms. The summed E-state index contributed by atoms with van der Waals surface area (Å²) in [6.07, 6.45) is 0. The Labute approximate surface area is 96.3 Å². The number of carbonyl (C=O) groups excluding carboxylic acids is 1. The molecule has 0 aliphatic carbocycles. The van der Waals surface area contributed by atoms with E-state index in [9.17, 15) is 19.3 Å². The maximum atomic E-state index is 13.0. The highest BCUT2D eigenvalue weighted by Gasteiger charge is 2.08. The van der Waals surface area contributed by atoms with Crippen LogP contribution in [0, 0.1) is 27.8 Å². The number of ether oxygens (including phenoxy) is 1. The van der Waals surface area contributed by atoms with Gasteiger partial charge in [-0.25, -0.2) is 9.18 Å². The fraction of sp³-hybridized carbons (Fsp3) is 0.182. The van der Waals surface area contributed by atoms with Crippen LogP contribution in [0.25, 0.3) is 0 Å². The van der Waals surface area contributed by atoms with Gasteiger partial charge in [0.2, 0.25) is 0 Å². The fourth-order valence-corrected chi connectivity index (χ4v) is 1.04. The Hall–Kier alpha value is -2.42. The molecule has 0 amide bonds. The molecule has 5 nitrogen and oxygen atoms in total. The smallest absolute Gasteiger partial charge is 0.384 e. The van der Waals surface area contributed by atoms with Crippen molar-refractivity contribution in [1.29, 1.82) is 0 Å². The summed E-state index contributed by atoms with van der Waals surface area (Å²) in [5.74, 6) is 2.84. The number of carbonyl (C=O) groups is 1. The first-order chi connectivity index (χ1) is 8.02. The molecular formula is C11H8FNO4. The zero-order chi connectivity index (χ0) is 12.8. The van der Waals surface area contributed by atoms with E-state index in [1.165, 1.54) is 0 Å². The van der Waals surface area contributed by atoms with Crippen molar-refractivity contribution in [2.45, 2.75) is 6.92 Å². The van der Waals surface area contributed by atoms with Crippen LogP contribution >= 0.6 is 0 Å². The second-order valence-electron chi connectivity index (χ2n) is 2.93. The van der Waals surface area contributed by atoms with Crippen LogP contribution in [0.4, 0.5) is 10.1 Å². The topological polar surface area (TPSA) is 69.4 Å². The molecule has 0 heterocycles. The van der Waals surface area contributed by atoms with Gasteiger partial charge < -0.3 is 4.74 Å². The maximum Gasteiger partial charge on any atom is 0.384 e. The first-order valence-electron chi connectivity index (χ1n) is 4.66. The van der Waals surface area contributed by atoms with Crippen LogP contribution in [0.3, 0.4) is 0 Å². The normalized spacial score (nSPS) is 9.06. The summed E-state index contributed by atoms with van der Waals surface area (Å²) in [7, 11) is 0. The lowest BCUT2D eigenvalue weighted by Crippen LogP contribution is -1.99. The monoisotopic (exact) mass is 237 g/mol. The molecule has 0 radical (unpaired) electrons. The Morgan fingerprint density at radius 2 is 2.24 bits per heavy atom. The Bertz CT molecular complexity index is 516. The highest BCUT2D eigenvalue weighted by atomic mass is 19.1. The molecule has 1 rings (SSSR count). The third-order valence-corrected chi connectivity index (χ3v) is 1.68. The van der Waals surface area contributed by atoms with E-state index < -0.39 is 22.4 Å². The van der Waals surface area contributed by atoms with Gasteiger partial charge in [0.15, 0.2) is 0 Å². The van der Waals surface area contributed by atoms with E-state index in [-0.39, 0.29) is 12.2 Å². The van der Waals surface area contributed by atoms with E-state index in [1.807, 2.05) is 0 Å². The molecule has 88 valence electrons. The quantitative estimate of drug-likeness (QED) is 0.339. The molecule has 0 N–H and O–H groups in total. The summed E-state index contributed by atoms with van der Waals surface area (Å²) >= 11 is 0. The number of nitro benzene ring substituents is 1. The number of halogens is 1. The summed E-state index contributed by atoms with van der Waals surface area (Å²) in [5, 5.41) is 10.4. The van der Waals surface area contributed by atoms with Gasteiger partial charge in [-0.2, -0.15) is 0 Å². The minimum Gasteiger partial charge on any atom is -0.456 e. The number of nitrogens with zero attached hydrogens (tertiary/aromatic N) is 1. The van der Waals surface area contributed by atoms with E-state index in [2.05, 4.69) is 16.6 Å². The molecule has 0 spiro atoms. The van der Waals surface area contributed by atoms with Crippen LogP contribution in [0.15, 0.2) is 18.2 Å². The zero-order valence-electron chi connectivity index (χ0n) is 8.90. The van der Waals surface area contributed by atoms with Crippen molar-refractivity contribution in [3.8, 4) is 11.8 Å². The Kier molecular flexibility index (Phi) is 4.17. The van der Waals surface area contributed by atoms with Gasteiger partial charge in [-0.1, -0.05) is 5.92 Å². The van der Waals surface area contributed by atoms with Crippen molar-refractivity contribution in [2.75, 3.05) is 6.61 Å². The lowest BCUT2D eigenvalue weighted by Gasteiger charge is -1.94. The van der Waals surface area contributed by atoms with E-state index in [1.54, 1.807) is 6.92 Å². The minimum absolute atomic E-state index is 0.0461. The molecule has 0 aromatic heterocycles. The van der Waals surface area contributed by atoms with E-state index in [0.29, 0.717) is 0 Å². The van der Waals surface area contributed by atoms with Crippen molar-refractivity contribution in [2.24, 2.45) is 0 Å². The third-order valence-electron chi connectivity index (χ3n) is 1.68. The summed E-state index contributed by atoms with van der Waals surface area (Å²) in [5.41, 5.74) is -0.372. The van der Waals surface area contributed by atoms with Gasteiger partial charge in [0.1, 0.15) is 5.82 Å². The van der Waals surface area contributed by atoms with Crippen LogP contribution in [0.1, 0.15) is 12.5 Å². The molecular weight excluding hydrogens is 229 g/mol. The highest BCUT2D eigenvalue weighted by Crippen LogP contribution is 2.15. The Morgan fingerprint density at radius 3 is 2.82 bits per heavy atom. The fourth-order valence-electron chi connectivity index (χ4n) is 1.04. The van der Waals surface area contributed by atoms with Crippen LogP contribution in [-0.2, 0) is 9.53 Å².